The molecular weight excluding hydrogens is 314 g/mol. The van der Waals surface area contributed by atoms with Crippen LogP contribution in [-0.2, 0) is 0 Å². The molecule has 1 aromatic heterocycles. The highest BCUT2D eigenvalue weighted by Crippen LogP contribution is 2.18. The maximum absolute atomic E-state index is 12.7. The molecule has 3 rings (SSSR count). The first-order chi connectivity index (χ1) is 12.0. The zero-order chi connectivity index (χ0) is 17.9. The summed E-state index contributed by atoms with van der Waals surface area (Å²) in [5, 5.41) is 16.3. The number of hydrogen-bond donors (Lipinski definition) is 1. The van der Waals surface area contributed by atoms with E-state index in [0.717, 1.165) is 5.69 Å². The fourth-order valence-corrected chi connectivity index (χ4v) is 2.54. The first-order valence-corrected chi connectivity index (χ1v) is 7.98. The lowest BCUT2D eigenvalue weighted by molar-refractivity contribution is 0.0966. The Bertz CT molecular complexity index is 871. The molecule has 1 aliphatic heterocycles. The van der Waals surface area contributed by atoms with Gasteiger partial charge < -0.3 is 10.2 Å². The lowest BCUT2D eigenvalue weighted by atomic mass is 10.0. The zero-order valence-corrected chi connectivity index (χ0v) is 14.2. The van der Waals surface area contributed by atoms with Gasteiger partial charge in [-0.15, -0.1) is 0 Å². The number of carbonyl (C=O) groups excluding carboxylic acids is 1. The van der Waals surface area contributed by atoms with Gasteiger partial charge in [-0.05, 0) is 44.2 Å². The summed E-state index contributed by atoms with van der Waals surface area (Å²) < 4.78 is 1.66. The second kappa shape index (κ2) is 6.65. The number of nitriles is 1. The minimum atomic E-state index is -0.588. The predicted molar refractivity (Wildman–Crippen MR) is 94.7 cm³/mol. The minimum Gasteiger partial charge on any atom is -0.356 e. The van der Waals surface area contributed by atoms with Crippen molar-refractivity contribution in [1.29, 1.82) is 5.26 Å². The van der Waals surface area contributed by atoms with Crippen LogP contribution in [0.2, 0.25) is 0 Å². The van der Waals surface area contributed by atoms with E-state index in [2.05, 4.69) is 16.5 Å². The number of aromatic nitrogens is 2. The summed E-state index contributed by atoms with van der Waals surface area (Å²) in [6, 6.07) is 11.4. The monoisotopic (exact) mass is 333 g/mol. The van der Waals surface area contributed by atoms with Gasteiger partial charge in [0.15, 0.2) is 0 Å². The number of rotatable bonds is 4. The highest BCUT2D eigenvalue weighted by atomic mass is 16.1. The van der Waals surface area contributed by atoms with Crippen LogP contribution in [-0.4, -0.2) is 32.7 Å². The Morgan fingerprint density at radius 3 is 2.76 bits per heavy atom. The first kappa shape index (κ1) is 16.5. The molecule has 1 aliphatic rings. The average molecular weight is 333 g/mol. The van der Waals surface area contributed by atoms with Gasteiger partial charge in [-0.25, -0.2) is 4.68 Å². The van der Waals surface area contributed by atoms with Gasteiger partial charge in [0.1, 0.15) is 5.54 Å². The van der Waals surface area contributed by atoms with Gasteiger partial charge >= 0.3 is 0 Å². The summed E-state index contributed by atoms with van der Waals surface area (Å²) in [6.45, 7) is 4.28. The van der Waals surface area contributed by atoms with Gasteiger partial charge in [-0.2, -0.15) is 10.4 Å². The van der Waals surface area contributed by atoms with Crippen molar-refractivity contribution >= 4 is 5.91 Å². The van der Waals surface area contributed by atoms with Gasteiger partial charge in [0, 0.05) is 30.8 Å². The normalized spacial score (nSPS) is 14.0. The highest BCUT2D eigenvalue weighted by molar-refractivity contribution is 5.98. The molecule has 1 N–H and O–H groups in total. The third-order valence-corrected chi connectivity index (χ3v) is 4.09. The Morgan fingerprint density at radius 2 is 2.12 bits per heavy atom. The fraction of sp³-hybridized carbons (Fsp3) is 0.211. The third kappa shape index (κ3) is 3.45. The van der Waals surface area contributed by atoms with Crippen LogP contribution in [0.1, 0.15) is 24.2 Å². The molecular formula is C19H19N5O. The molecule has 6 nitrogen and oxygen atoms in total. The van der Waals surface area contributed by atoms with Crippen LogP contribution >= 0.6 is 0 Å². The average Bonchev–Trinajstić information content (AvgIpc) is 3.16. The molecule has 2 heterocycles. The van der Waals surface area contributed by atoms with E-state index >= 15 is 0 Å². The molecule has 2 aromatic rings. The van der Waals surface area contributed by atoms with Crippen molar-refractivity contribution in [3.8, 4) is 11.8 Å². The summed E-state index contributed by atoms with van der Waals surface area (Å²) in [6.07, 6.45) is 9.00. The number of nitrogens with zero attached hydrogens (tertiary/aromatic N) is 4. The van der Waals surface area contributed by atoms with E-state index in [1.807, 2.05) is 55.3 Å². The minimum absolute atomic E-state index is 0.199. The number of hydrogen-bond acceptors (Lipinski definition) is 4. The van der Waals surface area contributed by atoms with Gasteiger partial charge in [0.05, 0.1) is 17.3 Å². The van der Waals surface area contributed by atoms with E-state index in [1.165, 1.54) is 0 Å². The van der Waals surface area contributed by atoms with Crippen LogP contribution in [0.25, 0.3) is 5.69 Å². The van der Waals surface area contributed by atoms with Crippen LogP contribution < -0.4 is 5.32 Å². The van der Waals surface area contributed by atoms with Crippen LogP contribution in [0.4, 0.5) is 0 Å². The van der Waals surface area contributed by atoms with Crippen molar-refractivity contribution in [3.63, 3.8) is 0 Å². The van der Waals surface area contributed by atoms with E-state index in [9.17, 15) is 10.1 Å². The molecule has 0 spiro atoms. The Kier molecular flexibility index (Phi) is 4.40. The van der Waals surface area contributed by atoms with Crippen LogP contribution in [0.15, 0.2) is 66.8 Å². The van der Waals surface area contributed by atoms with Crippen LogP contribution in [0.3, 0.4) is 0 Å². The smallest absolute Gasteiger partial charge is 0.257 e. The molecule has 0 bridgehead atoms. The van der Waals surface area contributed by atoms with Crippen molar-refractivity contribution in [1.82, 2.24) is 20.0 Å². The van der Waals surface area contributed by atoms with E-state index in [0.29, 0.717) is 17.8 Å². The van der Waals surface area contributed by atoms with Crippen molar-refractivity contribution in [3.05, 3.63) is 72.3 Å². The molecule has 0 radical (unpaired) electrons. The lowest BCUT2D eigenvalue weighted by Crippen LogP contribution is -2.40. The lowest BCUT2D eigenvalue weighted by Gasteiger charge is -2.33. The number of benzene rings is 1. The third-order valence-electron chi connectivity index (χ3n) is 4.09. The van der Waals surface area contributed by atoms with E-state index in [1.54, 1.807) is 29.2 Å². The predicted octanol–water partition coefficient (Wildman–Crippen LogP) is 2.62. The molecule has 6 heteroatoms. The Labute approximate surface area is 146 Å². The van der Waals surface area contributed by atoms with Gasteiger partial charge in [0.25, 0.3) is 5.91 Å². The summed E-state index contributed by atoms with van der Waals surface area (Å²) in [7, 11) is 0. The maximum Gasteiger partial charge on any atom is 0.257 e. The maximum atomic E-state index is 12.7. The molecule has 0 fully saturated rings. The summed E-state index contributed by atoms with van der Waals surface area (Å²) >= 11 is 0. The van der Waals surface area contributed by atoms with Crippen molar-refractivity contribution in [2.45, 2.75) is 19.4 Å². The molecule has 1 amide bonds. The van der Waals surface area contributed by atoms with E-state index in [4.69, 9.17) is 0 Å². The SMILES string of the molecule is CC(C)(C#N)N1C=CC(NC(=O)c2ccccc2-n2cccn2)=CC1. The second-order valence-corrected chi connectivity index (χ2v) is 6.22. The Morgan fingerprint density at radius 1 is 1.32 bits per heavy atom. The van der Waals surface area contributed by atoms with Gasteiger partial charge in [0.2, 0.25) is 0 Å². The molecule has 1 aromatic carbocycles. The van der Waals surface area contributed by atoms with Gasteiger partial charge in [-0.3, -0.25) is 4.79 Å². The fourth-order valence-electron chi connectivity index (χ4n) is 2.54. The topological polar surface area (TPSA) is 74.0 Å². The number of carbonyl (C=O) groups is 1. The molecule has 0 saturated heterocycles. The number of para-hydroxylation sites is 1. The number of nitrogens with one attached hydrogen (secondary N) is 1. The number of allylic oxidation sites excluding steroid dienone is 1. The molecule has 0 aliphatic carbocycles. The van der Waals surface area contributed by atoms with Crippen LogP contribution in [0, 0.1) is 11.3 Å². The molecule has 0 saturated carbocycles. The zero-order valence-electron chi connectivity index (χ0n) is 14.2. The Hall–Kier alpha value is -3.33. The van der Waals surface area contributed by atoms with E-state index < -0.39 is 5.54 Å². The summed E-state index contributed by atoms with van der Waals surface area (Å²) in [5.74, 6) is -0.199. The molecule has 126 valence electrons. The quantitative estimate of drug-likeness (QED) is 0.933. The number of amides is 1. The second-order valence-electron chi connectivity index (χ2n) is 6.22. The first-order valence-electron chi connectivity index (χ1n) is 7.98. The van der Waals surface area contributed by atoms with E-state index in [-0.39, 0.29) is 5.91 Å². The largest absolute Gasteiger partial charge is 0.356 e. The standard InChI is InChI=1S/C19H19N5O/c1-19(2,14-20)23-12-8-15(9-13-23)22-18(25)16-6-3-4-7-17(16)24-11-5-10-21-24/h3-12H,13H2,1-2H3,(H,22,25). The van der Waals surface area contributed by atoms with Crippen LogP contribution in [0.5, 0.6) is 0 Å². The Balaban J connectivity index is 1.75. The summed E-state index contributed by atoms with van der Waals surface area (Å²) in [4.78, 5) is 14.6. The molecule has 25 heavy (non-hydrogen) atoms. The van der Waals surface area contributed by atoms with Crippen molar-refractivity contribution in [2.75, 3.05) is 6.54 Å². The highest BCUT2D eigenvalue weighted by Gasteiger charge is 2.24. The summed E-state index contributed by atoms with van der Waals surface area (Å²) in [5.41, 5.74) is 1.39. The molecule has 0 unspecified atom stereocenters. The van der Waals surface area contributed by atoms with Crippen molar-refractivity contribution < 1.29 is 4.79 Å². The molecule has 0 atom stereocenters. The van der Waals surface area contributed by atoms with Crippen molar-refractivity contribution in [2.24, 2.45) is 0 Å². The van der Waals surface area contributed by atoms with Gasteiger partial charge in [-0.1, -0.05) is 12.1 Å².